The Labute approximate surface area is 115 Å². The highest BCUT2D eigenvalue weighted by atomic mass is 35.5. The topological polar surface area (TPSA) is 83.5 Å². The van der Waals surface area contributed by atoms with E-state index in [0.717, 1.165) is 6.07 Å². The van der Waals surface area contributed by atoms with E-state index in [2.05, 4.69) is 15.0 Å². The number of H-pyrrole nitrogens is 2. The van der Waals surface area contributed by atoms with Crippen molar-refractivity contribution < 1.29 is 4.39 Å². The third-order valence-electron chi connectivity index (χ3n) is 2.94. The number of halogens is 2. The highest BCUT2D eigenvalue weighted by Crippen LogP contribution is 2.23. The zero-order chi connectivity index (χ0) is 14.4. The maximum absolute atomic E-state index is 13.8. The van der Waals surface area contributed by atoms with E-state index in [1.54, 1.807) is 0 Å². The Hall–Kier alpha value is -2.41. The minimum atomic E-state index is -0.601. The van der Waals surface area contributed by atoms with Gasteiger partial charge in [-0.05, 0) is 18.2 Å². The van der Waals surface area contributed by atoms with Crippen LogP contribution in [0.4, 0.5) is 4.39 Å². The van der Waals surface area contributed by atoms with Crippen LogP contribution in [0.5, 0.6) is 0 Å². The third-order valence-corrected chi connectivity index (χ3v) is 3.18. The largest absolute Gasteiger partial charge is 0.332 e. The van der Waals surface area contributed by atoms with Gasteiger partial charge in [0, 0.05) is 12.1 Å². The van der Waals surface area contributed by atoms with E-state index in [1.165, 1.54) is 23.7 Å². The van der Waals surface area contributed by atoms with Crippen LogP contribution < -0.4 is 11.2 Å². The Morgan fingerprint density at radius 1 is 1.30 bits per heavy atom. The molecule has 0 radical (unpaired) electrons. The SMILES string of the molecule is Cn1c(=O)[nH]c(=O)c2[nH]c(-c3ccc(Cl)cc3F)nc21. The molecular weight excluding hydrogens is 287 g/mol. The number of benzene rings is 1. The lowest BCUT2D eigenvalue weighted by Gasteiger charge is -1.99. The van der Waals surface area contributed by atoms with Gasteiger partial charge in [0.15, 0.2) is 5.65 Å². The fourth-order valence-corrected chi connectivity index (χ4v) is 2.07. The number of aromatic amines is 2. The first-order valence-electron chi connectivity index (χ1n) is 5.62. The van der Waals surface area contributed by atoms with Crippen molar-refractivity contribution in [3.8, 4) is 11.4 Å². The quantitative estimate of drug-likeness (QED) is 0.712. The number of fused-ring (bicyclic) bond motifs is 1. The van der Waals surface area contributed by atoms with Gasteiger partial charge >= 0.3 is 5.69 Å². The molecule has 0 aliphatic carbocycles. The maximum Gasteiger partial charge on any atom is 0.329 e. The zero-order valence-electron chi connectivity index (χ0n) is 10.2. The molecule has 0 aliphatic heterocycles. The lowest BCUT2D eigenvalue weighted by atomic mass is 10.2. The van der Waals surface area contributed by atoms with Crippen LogP contribution in [0, 0.1) is 5.82 Å². The van der Waals surface area contributed by atoms with Crippen LogP contribution in [-0.4, -0.2) is 19.5 Å². The minimum absolute atomic E-state index is 0.108. The van der Waals surface area contributed by atoms with Crippen molar-refractivity contribution in [3.63, 3.8) is 0 Å². The van der Waals surface area contributed by atoms with E-state index in [-0.39, 0.29) is 27.6 Å². The first-order valence-corrected chi connectivity index (χ1v) is 5.99. The predicted octanol–water partition coefficient (Wildman–Crippen LogP) is 1.41. The minimum Gasteiger partial charge on any atom is -0.332 e. The second kappa shape index (κ2) is 4.31. The number of imidazole rings is 1. The van der Waals surface area contributed by atoms with Crippen LogP contribution in [0.25, 0.3) is 22.6 Å². The molecular formula is C12H8ClFN4O2. The van der Waals surface area contributed by atoms with E-state index < -0.39 is 17.1 Å². The second-order valence-electron chi connectivity index (χ2n) is 4.23. The molecule has 3 rings (SSSR count). The van der Waals surface area contributed by atoms with Crippen molar-refractivity contribution >= 4 is 22.8 Å². The molecule has 2 aromatic heterocycles. The molecule has 2 heterocycles. The van der Waals surface area contributed by atoms with Crippen molar-refractivity contribution in [2.75, 3.05) is 0 Å². The van der Waals surface area contributed by atoms with Crippen molar-refractivity contribution in [3.05, 3.63) is 49.9 Å². The van der Waals surface area contributed by atoms with Gasteiger partial charge in [0.05, 0.1) is 5.56 Å². The van der Waals surface area contributed by atoms with Gasteiger partial charge in [0.25, 0.3) is 5.56 Å². The van der Waals surface area contributed by atoms with Crippen LogP contribution in [0.2, 0.25) is 5.02 Å². The van der Waals surface area contributed by atoms with Crippen molar-refractivity contribution in [1.82, 2.24) is 19.5 Å². The molecule has 0 saturated heterocycles. The average Bonchev–Trinajstić information content (AvgIpc) is 2.81. The summed E-state index contributed by atoms with van der Waals surface area (Å²) in [4.78, 5) is 32.1. The Kier molecular flexibility index (Phi) is 2.72. The lowest BCUT2D eigenvalue weighted by molar-refractivity contribution is 0.630. The van der Waals surface area contributed by atoms with Crippen molar-refractivity contribution in [2.45, 2.75) is 0 Å². The summed E-state index contributed by atoms with van der Waals surface area (Å²) in [5, 5.41) is 0.257. The maximum atomic E-state index is 13.8. The Morgan fingerprint density at radius 3 is 2.75 bits per heavy atom. The molecule has 0 fully saturated rings. The van der Waals surface area contributed by atoms with Gasteiger partial charge < -0.3 is 4.98 Å². The monoisotopic (exact) mass is 294 g/mol. The Balaban J connectivity index is 2.34. The molecule has 102 valence electrons. The molecule has 0 amide bonds. The summed E-state index contributed by atoms with van der Waals surface area (Å²) in [6, 6.07) is 4.10. The molecule has 0 unspecified atom stereocenters. The van der Waals surface area contributed by atoms with Crippen molar-refractivity contribution in [1.29, 1.82) is 0 Å². The summed E-state index contributed by atoms with van der Waals surface area (Å²) in [6.07, 6.45) is 0. The number of nitrogens with zero attached hydrogens (tertiary/aromatic N) is 2. The standard InChI is InChI=1S/C12H8ClFN4O2/c1-18-10-8(11(19)17-12(18)20)15-9(16-10)6-3-2-5(13)4-7(6)14/h2-4H,1H3,(H,15,16)(H,17,19,20). The number of nitrogens with one attached hydrogen (secondary N) is 2. The summed E-state index contributed by atoms with van der Waals surface area (Å²) in [7, 11) is 1.46. The molecule has 0 saturated carbocycles. The molecule has 8 heteroatoms. The van der Waals surface area contributed by atoms with Crippen LogP contribution in [-0.2, 0) is 7.05 Å². The fourth-order valence-electron chi connectivity index (χ4n) is 1.91. The molecule has 0 aliphatic rings. The normalized spacial score (nSPS) is 11.2. The van der Waals surface area contributed by atoms with Crippen molar-refractivity contribution in [2.24, 2.45) is 7.05 Å². The van der Waals surface area contributed by atoms with Gasteiger partial charge in [-0.1, -0.05) is 11.6 Å². The molecule has 1 aromatic carbocycles. The second-order valence-corrected chi connectivity index (χ2v) is 4.66. The van der Waals surface area contributed by atoms with E-state index in [0.29, 0.717) is 0 Å². The lowest BCUT2D eigenvalue weighted by Crippen LogP contribution is -2.28. The van der Waals surface area contributed by atoms with Gasteiger partial charge in [-0.15, -0.1) is 0 Å². The molecule has 0 spiro atoms. The summed E-state index contributed by atoms with van der Waals surface area (Å²) >= 11 is 5.68. The molecule has 0 bridgehead atoms. The Morgan fingerprint density at radius 2 is 2.05 bits per heavy atom. The third kappa shape index (κ3) is 1.83. The summed E-state index contributed by atoms with van der Waals surface area (Å²) in [5.41, 5.74) is -0.759. The highest BCUT2D eigenvalue weighted by Gasteiger charge is 2.14. The summed E-state index contributed by atoms with van der Waals surface area (Å²) in [6.45, 7) is 0. The first-order chi connectivity index (χ1) is 9.47. The van der Waals surface area contributed by atoms with Crippen LogP contribution in [0.1, 0.15) is 0 Å². The van der Waals surface area contributed by atoms with E-state index in [1.807, 2.05) is 0 Å². The van der Waals surface area contributed by atoms with Gasteiger partial charge in [-0.3, -0.25) is 14.3 Å². The van der Waals surface area contributed by atoms with Gasteiger partial charge in [-0.25, -0.2) is 14.2 Å². The number of aromatic nitrogens is 4. The number of aryl methyl sites for hydroxylation is 1. The zero-order valence-corrected chi connectivity index (χ0v) is 11.0. The van der Waals surface area contributed by atoms with Gasteiger partial charge in [0.2, 0.25) is 0 Å². The molecule has 3 aromatic rings. The summed E-state index contributed by atoms with van der Waals surface area (Å²) < 4.78 is 15.0. The van der Waals surface area contributed by atoms with E-state index in [9.17, 15) is 14.0 Å². The average molecular weight is 295 g/mol. The predicted molar refractivity (Wildman–Crippen MR) is 72.4 cm³/mol. The highest BCUT2D eigenvalue weighted by molar-refractivity contribution is 6.30. The van der Waals surface area contributed by atoms with Gasteiger partial charge in [-0.2, -0.15) is 0 Å². The fraction of sp³-hybridized carbons (Fsp3) is 0.0833. The van der Waals surface area contributed by atoms with Crippen LogP contribution in [0.15, 0.2) is 27.8 Å². The number of hydrogen-bond donors (Lipinski definition) is 2. The van der Waals surface area contributed by atoms with E-state index >= 15 is 0 Å². The Bertz CT molecular complexity index is 941. The van der Waals surface area contributed by atoms with Crippen LogP contribution >= 0.6 is 11.6 Å². The van der Waals surface area contributed by atoms with Crippen LogP contribution in [0.3, 0.4) is 0 Å². The number of hydrogen-bond acceptors (Lipinski definition) is 3. The summed E-state index contributed by atoms with van der Waals surface area (Å²) in [5.74, 6) is -0.418. The van der Waals surface area contributed by atoms with Gasteiger partial charge in [0.1, 0.15) is 17.2 Å². The first kappa shape index (κ1) is 12.6. The van der Waals surface area contributed by atoms with E-state index in [4.69, 9.17) is 11.6 Å². The molecule has 6 nitrogen and oxygen atoms in total. The molecule has 2 N–H and O–H groups in total. The smallest absolute Gasteiger partial charge is 0.329 e. The molecule has 0 atom stereocenters. The molecule has 20 heavy (non-hydrogen) atoms. The number of rotatable bonds is 1.